The molecule has 1 aliphatic carbocycles. The van der Waals surface area contributed by atoms with Crippen LogP contribution in [0.2, 0.25) is 0 Å². The van der Waals surface area contributed by atoms with Crippen LogP contribution in [0.5, 0.6) is 0 Å². The van der Waals surface area contributed by atoms with Crippen LogP contribution in [-0.2, 0) is 0 Å². The fourth-order valence-corrected chi connectivity index (χ4v) is 3.50. The Morgan fingerprint density at radius 1 is 1.22 bits per heavy atom. The molecule has 106 valence electrons. The summed E-state index contributed by atoms with van der Waals surface area (Å²) in [5.74, 6) is 1.61. The van der Waals surface area contributed by atoms with Gasteiger partial charge in [0.05, 0.1) is 0 Å². The van der Waals surface area contributed by atoms with Gasteiger partial charge < -0.3 is 5.32 Å². The highest BCUT2D eigenvalue weighted by molar-refractivity contribution is 5.00. The molecule has 2 atom stereocenters. The highest BCUT2D eigenvalue weighted by Crippen LogP contribution is 2.52. The minimum absolute atomic E-state index is 0.656. The molecule has 2 heteroatoms. The number of rotatable bonds is 5. The van der Waals surface area contributed by atoms with Crippen LogP contribution in [0.25, 0.3) is 0 Å². The zero-order valence-corrected chi connectivity index (χ0v) is 13.0. The molecule has 0 aromatic carbocycles. The van der Waals surface area contributed by atoms with E-state index in [1.807, 2.05) is 0 Å². The predicted molar refractivity (Wildman–Crippen MR) is 78.8 cm³/mol. The normalized spacial score (nSPS) is 32.2. The van der Waals surface area contributed by atoms with Crippen LogP contribution in [0.4, 0.5) is 0 Å². The van der Waals surface area contributed by atoms with Crippen LogP contribution in [-0.4, -0.2) is 36.6 Å². The van der Waals surface area contributed by atoms with E-state index in [4.69, 9.17) is 0 Å². The topological polar surface area (TPSA) is 15.3 Å². The van der Waals surface area contributed by atoms with Crippen LogP contribution in [0.1, 0.15) is 53.9 Å². The first-order chi connectivity index (χ1) is 8.48. The minimum atomic E-state index is 0.656. The summed E-state index contributed by atoms with van der Waals surface area (Å²) < 4.78 is 0. The van der Waals surface area contributed by atoms with E-state index in [9.17, 15) is 0 Å². The molecule has 2 rings (SSSR count). The molecule has 0 aromatic rings. The van der Waals surface area contributed by atoms with E-state index in [1.165, 1.54) is 38.9 Å². The zero-order valence-electron chi connectivity index (χ0n) is 13.0. The number of piperazine rings is 1. The van der Waals surface area contributed by atoms with Crippen molar-refractivity contribution in [2.75, 3.05) is 19.6 Å². The van der Waals surface area contributed by atoms with E-state index in [2.05, 4.69) is 44.8 Å². The third-order valence-electron chi connectivity index (χ3n) is 5.44. The van der Waals surface area contributed by atoms with Crippen molar-refractivity contribution in [3.8, 4) is 0 Å². The molecule has 18 heavy (non-hydrogen) atoms. The lowest BCUT2D eigenvalue weighted by molar-refractivity contribution is 0.0650. The first kappa shape index (κ1) is 14.3. The summed E-state index contributed by atoms with van der Waals surface area (Å²) in [7, 11) is 0. The number of hydrogen-bond acceptors (Lipinski definition) is 2. The average molecular weight is 252 g/mol. The smallest absolute Gasteiger partial charge is 0.0244 e. The Morgan fingerprint density at radius 3 is 2.33 bits per heavy atom. The van der Waals surface area contributed by atoms with Crippen molar-refractivity contribution in [3.63, 3.8) is 0 Å². The summed E-state index contributed by atoms with van der Waals surface area (Å²) in [6.07, 6.45) is 4.17. The summed E-state index contributed by atoms with van der Waals surface area (Å²) >= 11 is 0. The van der Waals surface area contributed by atoms with E-state index < -0.39 is 0 Å². The van der Waals surface area contributed by atoms with Gasteiger partial charge in [-0.2, -0.15) is 0 Å². The monoisotopic (exact) mass is 252 g/mol. The number of hydrogen-bond donors (Lipinski definition) is 1. The van der Waals surface area contributed by atoms with Gasteiger partial charge in [-0.3, -0.25) is 4.90 Å². The molecule has 2 aliphatic rings. The predicted octanol–water partition coefficient (Wildman–Crippen LogP) is 3.13. The largest absolute Gasteiger partial charge is 0.311 e. The van der Waals surface area contributed by atoms with E-state index in [0.717, 1.165) is 17.9 Å². The Hall–Kier alpha value is -0.0800. The molecule has 0 amide bonds. The third-order valence-corrected chi connectivity index (χ3v) is 5.44. The second kappa shape index (κ2) is 5.50. The Balaban J connectivity index is 2.01. The summed E-state index contributed by atoms with van der Waals surface area (Å²) in [6, 6.07) is 1.45. The maximum Gasteiger partial charge on any atom is 0.0244 e. The zero-order chi connectivity index (χ0) is 13.3. The fourth-order valence-electron chi connectivity index (χ4n) is 3.50. The van der Waals surface area contributed by atoms with Crippen molar-refractivity contribution < 1.29 is 0 Å². The Labute approximate surface area is 114 Å². The Bertz CT molecular complexity index is 268. The van der Waals surface area contributed by atoms with Crippen LogP contribution in [0.3, 0.4) is 0 Å². The molecular formula is C16H32N2. The molecule has 2 nitrogen and oxygen atoms in total. The molecule has 2 unspecified atom stereocenters. The molecule has 1 saturated heterocycles. The van der Waals surface area contributed by atoms with Crippen molar-refractivity contribution in [1.29, 1.82) is 0 Å². The molecule has 0 radical (unpaired) electrons. The lowest BCUT2D eigenvalue weighted by atomic mass is 9.89. The van der Waals surface area contributed by atoms with Crippen molar-refractivity contribution >= 4 is 0 Å². The van der Waals surface area contributed by atoms with E-state index in [1.54, 1.807) is 0 Å². The molecular weight excluding hydrogens is 220 g/mol. The average Bonchev–Trinajstić information content (AvgIpc) is 3.09. The van der Waals surface area contributed by atoms with Crippen molar-refractivity contribution in [2.24, 2.45) is 17.3 Å². The van der Waals surface area contributed by atoms with E-state index in [-0.39, 0.29) is 0 Å². The molecule has 0 spiro atoms. The van der Waals surface area contributed by atoms with Crippen molar-refractivity contribution in [1.82, 2.24) is 10.2 Å². The first-order valence-corrected chi connectivity index (χ1v) is 7.96. The first-order valence-electron chi connectivity index (χ1n) is 7.96. The van der Waals surface area contributed by atoms with Crippen LogP contribution < -0.4 is 5.32 Å². The quantitative estimate of drug-likeness (QED) is 0.809. The second-order valence-corrected chi connectivity index (χ2v) is 7.27. The Kier molecular flexibility index (Phi) is 4.38. The highest BCUT2D eigenvalue weighted by Gasteiger charge is 2.47. The van der Waals surface area contributed by atoms with Gasteiger partial charge in [0.15, 0.2) is 0 Å². The summed E-state index contributed by atoms with van der Waals surface area (Å²) in [5.41, 5.74) is 0.656. The number of nitrogens with zero attached hydrogens (tertiary/aromatic N) is 1. The van der Waals surface area contributed by atoms with Crippen molar-refractivity contribution in [3.05, 3.63) is 0 Å². The standard InChI is InChI=1S/C16H32N2/c1-6-14-10-18(15(9-17-14)12(2)3)11-16(7-8-16)13(4)5/h12-15,17H,6-11H2,1-5H3. The summed E-state index contributed by atoms with van der Waals surface area (Å²) in [6.45, 7) is 15.7. The maximum absolute atomic E-state index is 3.72. The van der Waals surface area contributed by atoms with Gasteiger partial charge in [0.2, 0.25) is 0 Å². The molecule has 0 aromatic heterocycles. The van der Waals surface area contributed by atoms with Crippen LogP contribution in [0, 0.1) is 17.3 Å². The van der Waals surface area contributed by atoms with Crippen LogP contribution in [0.15, 0.2) is 0 Å². The molecule has 1 N–H and O–H groups in total. The van der Waals surface area contributed by atoms with Gasteiger partial charge in [-0.05, 0) is 36.5 Å². The highest BCUT2D eigenvalue weighted by atomic mass is 15.2. The molecule has 2 fully saturated rings. The number of nitrogens with one attached hydrogen (secondary N) is 1. The lowest BCUT2D eigenvalue weighted by Gasteiger charge is -2.44. The summed E-state index contributed by atoms with van der Waals surface area (Å²) in [4.78, 5) is 2.81. The molecule has 1 saturated carbocycles. The minimum Gasteiger partial charge on any atom is -0.311 e. The second-order valence-electron chi connectivity index (χ2n) is 7.27. The van der Waals surface area contributed by atoms with Gasteiger partial charge in [0, 0.05) is 31.7 Å². The van der Waals surface area contributed by atoms with Gasteiger partial charge in [-0.1, -0.05) is 34.6 Å². The lowest BCUT2D eigenvalue weighted by Crippen LogP contribution is -2.59. The van der Waals surface area contributed by atoms with Gasteiger partial charge in [-0.15, -0.1) is 0 Å². The van der Waals surface area contributed by atoms with Gasteiger partial charge >= 0.3 is 0 Å². The van der Waals surface area contributed by atoms with Crippen molar-refractivity contribution in [2.45, 2.75) is 66.0 Å². The summed E-state index contributed by atoms with van der Waals surface area (Å²) in [5, 5.41) is 3.72. The Morgan fingerprint density at radius 2 is 1.89 bits per heavy atom. The van der Waals surface area contributed by atoms with Gasteiger partial charge in [-0.25, -0.2) is 0 Å². The van der Waals surface area contributed by atoms with E-state index in [0.29, 0.717) is 11.5 Å². The van der Waals surface area contributed by atoms with Gasteiger partial charge in [0.1, 0.15) is 0 Å². The molecule has 1 heterocycles. The maximum atomic E-state index is 3.72. The SMILES string of the molecule is CCC1CN(CC2(C(C)C)CC2)C(C(C)C)CN1. The van der Waals surface area contributed by atoms with E-state index >= 15 is 0 Å². The molecule has 1 aliphatic heterocycles. The van der Waals surface area contributed by atoms with Gasteiger partial charge in [0.25, 0.3) is 0 Å². The molecule has 0 bridgehead atoms. The fraction of sp³-hybridized carbons (Fsp3) is 1.00. The third kappa shape index (κ3) is 2.91. The van der Waals surface area contributed by atoms with Crippen LogP contribution >= 0.6 is 0 Å².